The summed E-state index contributed by atoms with van der Waals surface area (Å²) >= 11 is 1.37. The SMILES string of the molecule is Cc1cc(C)c2c(Cn3c(=O)n([C@H](CCCC(C)Cn4ccnc4)C(=O)O)c(=O)c4ccccc43)nsc2c1. The van der Waals surface area contributed by atoms with Crippen LogP contribution >= 0.6 is 11.5 Å². The van der Waals surface area contributed by atoms with Crippen LogP contribution in [0.25, 0.3) is 21.0 Å². The van der Waals surface area contributed by atoms with E-state index in [0.717, 1.165) is 44.4 Å². The summed E-state index contributed by atoms with van der Waals surface area (Å²) in [6.45, 7) is 7.04. The van der Waals surface area contributed by atoms with Crippen LogP contribution in [0.5, 0.6) is 0 Å². The minimum atomic E-state index is -1.27. The first-order valence-electron chi connectivity index (χ1n) is 13.0. The second-order valence-corrected chi connectivity index (χ2v) is 11.1. The quantitative estimate of drug-likeness (QED) is 0.271. The molecule has 5 aromatic rings. The molecule has 0 saturated heterocycles. The van der Waals surface area contributed by atoms with E-state index in [2.05, 4.69) is 28.4 Å². The number of imidazole rings is 1. The largest absolute Gasteiger partial charge is 0.480 e. The van der Waals surface area contributed by atoms with Gasteiger partial charge in [0.05, 0.1) is 34.2 Å². The van der Waals surface area contributed by atoms with E-state index >= 15 is 0 Å². The molecule has 3 heterocycles. The Kier molecular flexibility index (Phi) is 7.47. The highest BCUT2D eigenvalue weighted by atomic mass is 32.1. The topological polar surface area (TPSA) is 112 Å². The van der Waals surface area contributed by atoms with Gasteiger partial charge in [-0.3, -0.25) is 9.36 Å². The first-order chi connectivity index (χ1) is 18.7. The van der Waals surface area contributed by atoms with Crippen molar-refractivity contribution in [2.75, 3.05) is 0 Å². The molecule has 39 heavy (non-hydrogen) atoms. The number of hydrogen-bond donors (Lipinski definition) is 1. The lowest BCUT2D eigenvalue weighted by atomic mass is 10.0. The Hall–Kier alpha value is -4.05. The van der Waals surface area contributed by atoms with Crippen LogP contribution in [-0.4, -0.2) is 34.1 Å². The fourth-order valence-corrected chi connectivity index (χ4v) is 6.38. The summed E-state index contributed by atoms with van der Waals surface area (Å²) in [5, 5.41) is 11.4. The maximum absolute atomic E-state index is 13.9. The Labute approximate surface area is 229 Å². The van der Waals surface area contributed by atoms with Crippen molar-refractivity contribution in [3.8, 4) is 0 Å². The van der Waals surface area contributed by atoms with Crippen molar-refractivity contribution in [1.82, 2.24) is 23.1 Å². The van der Waals surface area contributed by atoms with Crippen molar-refractivity contribution in [1.29, 1.82) is 0 Å². The predicted molar refractivity (Wildman–Crippen MR) is 153 cm³/mol. The minimum absolute atomic E-state index is 0.137. The zero-order valence-electron chi connectivity index (χ0n) is 22.2. The number of nitrogens with zero attached hydrogens (tertiary/aromatic N) is 5. The number of carboxylic acid groups (broad SMARTS) is 1. The zero-order valence-corrected chi connectivity index (χ0v) is 23.0. The molecule has 2 aromatic carbocycles. The molecule has 0 fully saturated rings. The van der Waals surface area contributed by atoms with Crippen molar-refractivity contribution in [3.05, 3.63) is 92.8 Å². The highest BCUT2D eigenvalue weighted by Crippen LogP contribution is 2.28. The van der Waals surface area contributed by atoms with Crippen molar-refractivity contribution >= 4 is 38.5 Å². The van der Waals surface area contributed by atoms with Crippen molar-refractivity contribution in [2.45, 2.75) is 59.2 Å². The average molecular weight is 546 g/mol. The Balaban J connectivity index is 1.52. The predicted octanol–water partition coefficient (Wildman–Crippen LogP) is 4.77. The second-order valence-electron chi connectivity index (χ2n) is 10.3. The number of rotatable bonds is 10. The summed E-state index contributed by atoms with van der Waals surface area (Å²) in [5.74, 6) is -0.910. The number of aryl methyl sites for hydroxylation is 2. The Morgan fingerprint density at radius 2 is 1.92 bits per heavy atom. The summed E-state index contributed by atoms with van der Waals surface area (Å²) in [7, 11) is 0. The number of carbonyl (C=O) groups is 1. The summed E-state index contributed by atoms with van der Waals surface area (Å²) in [6.07, 6.45) is 6.85. The molecule has 2 atom stereocenters. The highest BCUT2D eigenvalue weighted by Gasteiger charge is 2.26. The molecule has 0 saturated carbocycles. The van der Waals surface area contributed by atoms with Gasteiger partial charge >= 0.3 is 11.7 Å². The molecule has 0 spiro atoms. The van der Waals surface area contributed by atoms with E-state index < -0.39 is 23.3 Å². The zero-order chi connectivity index (χ0) is 27.7. The van der Waals surface area contributed by atoms with Gasteiger partial charge < -0.3 is 9.67 Å². The van der Waals surface area contributed by atoms with Gasteiger partial charge in [0.15, 0.2) is 0 Å². The summed E-state index contributed by atoms with van der Waals surface area (Å²) in [4.78, 5) is 43.9. The second kappa shape index (κ2) is 11.0. The summed E-state index contributed by atoms with van der Waals surface area (Å²) in [5.41, 5.74) is 2.17. The number of carboxylic acids is 1. The Morgan fingerprint density at radius 1 is 1.13 bits per heavy atom. The van der Waals surface area contributed by atoms with E-state index in [1.807, 2.05) is 24.6 Å². The van der Waals surface area contributed by atoms with Crippen molar-refractivity contribution < 1.29 is 9.90 Å². The molecule has 10 heteroatoms. The molecule has 5 rings (SSSR count). The van der Waals surface area contributed by atoms with Crippen LogP contribution in [0.4, 0.5) is 0 Å². The first kappa shape index (κ1) is 26.6. The maximum Gasteiger partial charge on any atom is 0.332 e. The van der Waals surface area contributed by atoms with Crippen LogP contribution < -0.4 is 11.2 Å². The molecule has 0 aliphatic rings. The van der Waals surface area contributed by atoms with Gasteiger partial charge in [-0.1, -0.05) is 31.5 Å². The van der Waals surface area contributed by atoms with E-state index in [4.69, 9.17) is 0 Å². The normalized spacial score (nSPS) is 13.2. The van der Waals surface area contributed by atoms with Crippen LogP contribution in [0.15, 0.2) is 64.7 Å². The number of fused-ring (bicyclic) bond motifs is 2. The standard InChI is InChI=1S/C29H31N5O4S/c1-18(15-32-12-11-30-17-32)7-6-10-24(28(36)37)34-27(35)21-8-4-5-9-23(21)33(29(34)38)16-22-26-20(3)13-19(2)14-25(26)39-31-22/h4-5,8-9,11-14,17-18,24H,6-7,10,15-16H2,1-3H3,(H,36,37)/t18?,24-/m1/s1. The molecule has 0 aliphatic heterocycles. The summed E-state index contributed by atoms with van der Waals surface area (Å²) in [6, 6.07) is 9.74. The van der Waals surface area contributed by atoms with E-state index in [9.17, 15) is 19.5 Å². The van der Waals surface area contributed by atoms with E-state index in [1.165, 1.54) is 16.1 Å². The first-order valence-corrected chi connectivity index (χ1v) is 13.8. The van der Waals surface area contributed by atoms with E-state index in [1.54, 1.807) is 36.8 Å². The van der Waals surface area contributed by atoms with Gasteiger partial charge in [-0.2, -0.15) is 4.37 Å². The van der Waals surface area contributed by atoms with Crippen molar-refractivity contribution in [3.63, 3.8) is 0 Å². The monoisotopic (exact) mass is 545 g/mol. The molecule has 1 unspecified atom stereocenters. The van der Waals surface area contributed by atoms with Gasteiger partial charge in [-0.05, 0) is 73.5 Å². The van der Waals surface area contributed by atoms with Gasteiger partial charge in [-0.15, -0.1) is 0 Å². The van der Waals surface area contributed by atoms with Crippen LogP contribution in [0, 0.1) is 19.8 Å². The molecule has 0 amide bonds. The molecule has 9 nitrogen and oxygen atoms in total. The number of benzene rings is 2. The lowest BCUT2D eigenvalue weighted by Gasteiger charge is -2.19. The van der Waals surface area contributed by atoms with E-state index in [0.29, 0.717) is 17.3 Å². The number of hydrogen-bond acceptors (Lipinski definition) is 6. The highest BCUT2D eigenvalue weighted by molar-refractivity contribution is 7.13. The molecular formula is C29H31N5O4S. The third-order valence-corrected chi connectivity index (χ3v) is 8.06. The molecule has 0 aliphatic carbocycles. The number of aromatic nitrogens is 5. The molecule has 202 valence electrons. The lowest BCUT2D eigenvalue weighted by Crippen LogP contribution is -2.44. The summed E-state index contributed by atoms with van der Waals surface area (Å²) < 4.78 is 10.1. The van der Waals surface area contributed by atoms with Crippen molar-refractivity contribution in [2.24, 2.45) is 5.92 Å². The van der Waals surface area contributed by atoms with Crippen LogP contribution in [0.3, 0.4) is 0 Å². The van der Waals surface area contributed by atoms with Crippen LogP contribution in [0.1, 0.15) is 49.0 Å². The molecule has 0 radical (unpaired) electrons. The molecular weight excluding hydrogens is 514 g/mol. The van der Waals surface area contributed by atoms with Gasteiger partial charge in [0, 0.05) is 24.3 Å². The third kappa shape index (κ3) is 5.29. The smallest absolute Gasteiger partial charge is 0.332 e. The third-order valence-electron chi connectivity index (χ3n) is 7.23. The minimum Gasteiger partial charge on any atom is -0.480 e. The molecule has 0 bridgehead atoms. The fraction of sp³-hybridized carbons (Fsp3) is 0.345. The molecule has 1 N–H and O–H groups in total. The Bertz CT molecular complexity index is 1770. The van der Waals surface area contributed by atoms with Gasteiger partial charge in [0.25, 0.3) is 5.56 Å². The molecule has 3 aromatic heterocycles. The number of aliphatic carboxylic acids is 1. The van der Waals surface area contributed by atoms with Gasteiger partial charge in [0.2, 0.25) is 0 Å². The maximum atomic E-state index is 13.9. The van der Waals surface area contributed by atoms with Crippen LogP contribution in [-0.2, 0) is 17.9 Å². The Morgan fingerprint density at radius 3 is 2.67 bits per heavy atom. The average Bonchev–Trinajstić information content (AvgIpc) is 3.55. The van der Waals surface area contributed by atoms with Crippen LogP contribution in [0.2, 0.25) is 0 Å². The van der Waals surface area contributed by atoms with Gasteiger partial charge in [0.1, 0.15) is 6.04 Å². The van der Waals surface area contributed by atoms with E-state index in [-0.39, 0.29) is 18.9 Å². The fourth-order valence-electron chi connectivity index (χ4n) is 5.41. The lowest BCUT2D eigenvalue weighted by molar-refractivity contribution is -0.141. The number of para-hydroxylation sites is 1. The van der Waals surface area contributed by atoms with Gasteiger partial charge in [-0.25, -0.2) is 19.1 Å².